The molecule has 0 radical (unpaired) electrons. The highest BCUT2D eigenvalue weighted by atomic mass is 35.5. The van der Waals surface area contributed by atoms with Crippen LogP contribution in [0.25, 0.3) is 11.3 Å². The van der Waals surface area contributed by atoms with Crippen LogP contribution in [0.15, 0.2) is 24.3 Å². The molecule has 2 aromatic rings. The number of anilines is 1. The van der Waals surface area contributed by atoms with Crippen LogP contribution < -0.4 is 10.6 Å². The summed E-state index contributed by atoms with van der Waals surface area (Å²) in [5, 5.41) is 6.60. The molecule has 0 aliphatic carbocycles. The molecule has 0 bridgehead atoms. The van der Waals surface area contributed by atoms with Crippen molar-refractivity contribution in [2.45, 2.75) is 26.7 Å². The number of halogens is 1. The molecule has 120 valence electrons. The molecule has 0 atom stereocenters. The monoisotopic (exact) mass is 339 g/mol. The third kappa shape index (κ3) is 5.09. The van der Waals surface area contributed by atoms with Gasteiger partial charge in [0.1, 0.15) is 0 Å². The molecule has 4 nitrogen and oxygen atoms in total. The van der Waals surface area contributed by atoms with Crippen molar-refractivity contribution in [3.8, 4) is 11.3 Å². The fourth-order valence-electron chi connectivity index (χ4n) is 2.04. The molecule has 0 saturated heterocycles. The summed E-state index contributed by atoms with van der Waals surface area (Å²) in [6.45, 7) is 4.94. The number of carbonyl (C=O) groups excluding carboxylic acids is 1. The van der Waals surface area contributed by atoms with Crippen LogP contribution in [0.3, 0.4) is 0 Å². The average molecular weight is 340 g/mol. The summed E-state index contributed by atoms with van der Waals surface area (Å²) < 4.78 is 0. The van der Waals surface area contributed by atoms with Crippen molar-refractivity contribution in [2.24, 2.45) is 0 Å². The van der Waals surface area contributed by atoms with Gasteiger partial charge < -0.3 is 10.6 Å². The fraction of sp³-hybridized carbons (Fsp3) is 0.375. The number of thiazole rings is 1. The molecule has 2 N–H and O–H groups in total. The molecule has 6 heteroatoms. The maximum absolute atomic E-state index is 11.8. The van der Waals surface area contributed by atoms with E-state index in [0.717, 1.165) is 29.1 Å². The lowest BCUT2D eigenvalue weighted by Gasteiger charge is -2.01. The van der Waals surface area contributed by atoms with Crippen LogP contribution in [0, 0.1) is 13.8 Å². The van der Waals surface area contributed by atoms with Gasteiger partial charge in [-0.2, -0.15) is 0 Å². The summed E-state index contributed by atoms with van der Waals surface area (Å²) in [6.07, 6.45) is 1.34. The Balaban J connectivity index is 0.00000242. The molecule has 0 fully saturated rings. The Bertz CT molecular complexity index is 610. The predicted octanol–water partition coefficient (Wildman–Crippen LogP) is 3.79. The fourth-order valence-corrected chi connectivity index (χ4v) is 2.89. The van der Waals surface area contributed by atoms with Crippen LogP contribution in [0.2, 0.25) is 0 Å². The summed E-state index contributed by atoms with van der Waals surface area (Å²) in [5.74, 6) is 0.0226. The van der Waals surface area contributed by atoms with E-state index < -0.39 is 0 Å². The van der Waals surface area contributed by atoms with E-state index in [2.05, 4.69) is 46.8 Å². The Kier molecular flexibility index (Phi) is 7.51. The van der Waals surface area contributed by atoms with Crippen LogP contribution in [-0.4, -0.2) is 24.5 Å². The van der Waals surface area contributed by atoms with Gasteiger partial charge in [-0.3, -0.25) is 4.79 Å². The number of nitrogens with one attached hydrogen (secondary N) is 2. The van der Waals surface area contributed by atoms with Gasteiger partial charge in [0.25, 0.3) is 0 Å². The number of benzene rings is 1. The zero-order chi connectivity index (χ0) is 15.2. The molecule has 0 spiro atoms. The quantitative estimate of drug-likeness (QED) is 0.787. The average Bonchev–Trinajstić information content (AvgIpc) is 2.80. The third-order valence-electron chi connectivity index (χ3n) is 3.20. The maximum atomic E-state index is 11.8. The Hall–Kier alpha value is -1.43. The van der Waals surface area contributed by atoms with Crippen LogP contribution in [-0.2, 0) is 4.79 Å². The minimum absolute atomic E-state index is 0. The second-order valence-electron chi connectivity index (χ2n) is 5.05. The normalized spacial score (nSPS) is 10.1. The molecule has 22 heavy (non-hydrogen) atoms. The second-order valence-corrected chi connectivity index (χ2v) is 6.25. The first-order valence-electron chi connectivity index (χ1n) is 7.09. The Labute approximate surface area is 141 Å². The van der Waals surface area contributed by atoms with Gasteiger partial charge in [-0.1, -0.05) is 29.8 Å². The SMILES string of the molecule is CNCCCC(=O)Nc1nc(-c2ccc(C)cc2)c(C)s1.Cl. The van der Waals surface area contributed by atoms with Crippen molar-refractivity contribution < 1.29 is 4.79 Å². The minimum Gasteiger partial charge on any atom is -0.320 e. The summed E-state index contributed by atoms with van der Waals surface area (Å²) in [5.41, 5.74) is 3.26. The first-order valence-corrected chi connectivity index (χ1v) is 7.90. The molecular formula is C16H22ClN3OS. The molecule has 0 saturated carbocycles. The van der Waals surface area contributed by atoms with E-state index in [1.165, 1.54) is 16.9 Å². The van der Waals surface area contributed by atoms with Gasteiger partial charge in [-0.05, 0) is 33.9 Å². The number of hydrogen-bond acceptors (Lipinski definition) is 4. The van der Waals surface area contributed by atoms with Crippen molar-refractivity contribution in [3.63, 3.8) is 0 Å². The van der Waals surface area contributed by atoms with E-state index in [9.17, 15) is 4.79 Å². The number of amides is 1. The highest BCUT2D eigenvalue weighted by molar-refractivity contribution is 7.16. The Morgan fingerprint density at radius 3 is 2.55 bits per heavy atom. The predicted molar refractivity (Wildman–Crippen MR) is 96.1 cm³/mol. The zero-order valence-corrected chi connectivity index (χ0v) is 14.7. The molecule has 1 amide bonds. The van der Waals surface area contributed by atoms with Crippen LogP contribution in [0.4, 0.5) is 5.13 Å². The summed E-state index contributed by atoms with van der Waals surface area (Å²) in [7, 11) is 1.88. The van der Waals surface area contributed by atoms with Crippen molar-refractivity contribution in [1.82, 2.24) is 10.3 Å². The summed E-state index contributed by atoms with van der Waals surface area (Å²) in [4.78, 5) is 17.5. The summed E-state index contributed by atoms with van der Waals surface area (Å²) in [6, 6.07) is 8.28. The third-order valence-corrected chi connectivity index (χ3v) is 4.08. The van der Waals surface area contributed by atoms with E-state index in [1.54, 1.807) is 0 Å². The molecule has 1 heterocycles. The van der Waals surface area contributed by atoms with Gasteiger partial charge in [-0.15, -0.1) is 23.7 Å². The van der Waals surface area contributed by atoms with Crippen molar-refractivity contribution in [1.29, 1.82) is 0 Å². The molecule has 2 rings (SSSR count). The molecule has 0 aliphatic heterocycles. The van der Waals surface area contributed by atoms with Gasteiger partial charge in [0.2, 0.25) is 5.91 Å². The van der Waals surface area contributed by atoms with Crippen LogP contribution in [0.5, 0.6) is 0 Å². The van der Waals surface area contributed by atoms with Crippen molar-refractivity contribution >= 4 is 34.8 Å². The standard InChI is InChI=1S/C16H21N3OS.ClH/c1-11-6-8-13(9-7-11)15-12(2)21-16(19-15)18-14(20)5-4-10-17-3;/h6-9,17H,4-5,10H2,1-3H3,(H,18,19,20);1H. The lowest BCUT2D eigenvalue weighted by molar-refractivity contribution is -0.116. The van der Waals surface area contributed by atoms with Crippen molar-refractivity contribution in [2.75, 3.05) is 18.9 Å². The van der Waals surface area contributed by atoms with Crippen LogP contribution >= 0.6 is 23.7 Å². The van der Waals surface area contributed by atoms with Gasteiger partial charge in [0.05, 0.1) is 5.69 Å². The van der Waals surface area contributed by atoms with Crippen LogP contribution in [0.1, 0.15) is 23.3 Å². The smallest absolute Gasteiger partial charge is 0.226 e. The summed E-state index contributed by atoms with van der Waals surface area (Å²) >= 11 is 1.52. The van der Waals surface area contributed by atoms with Crippen molar-refractivity contribution in [3.05, 3.63) is 34.7 Å². The molecule has 0 unspecified atom stereocenters. The number of hydrogen-bond donors (Lipinski definition) is 2. The van der Waals surface area contributed by atoms with Gasteiger partial charge in [0.15, 0.2) is 5.13 Å². The number of aryl methyl sites for hydroxylation is 2. The van der Waals surface area contributed by atoms with E-state index in [0.29, 0.717) is 11.6 Å². The first-order chi connectivity index (χ1) is 10.1. The second kappa shape index (κ2) is 8.88. The van der Waals surface area contributed by atoms with Gasteiger partial charge in [-0.25, -0.2) is 4.98 Å². The van der Waals surface area contributed by atoms with Gasteiger partial charge in [0, 0.05) is 16.9 Å². The lowest BCUT2D eigenvalue weighted by Crippen LogP contribution is -2.15. The number of aromatic nitrogens is 1. The van der Waals surface area contributed by atoms with E-state index in [4.69, 9.17) is 0 Å². The maximum Gasteiger partial charge on any atom is 0.226 e. The highest BCUT2D eigenvalue weighted by Crippen LogP contribution is 2.30. The number of rotatable bonds is 6. The highest BCUT2D eigenvalue weighted by Gasteiger charge is 2.11. The Morgan fingerprint density at radius 2 is 1.91 bits per heavy atom. The van der Waals surface area contributed by atoms with Gasteiger partial charge >= 0.3 is 0 Å². The molecule has 0 aliphatic rings. The zero-order valence-electron chi connectivity index (χ0n) is 13.1. The molecular weight excluding hydrogens is 318 g/mol. The first kappa shape index (κ1) is 18.6. The molecule has 1 aromatic carbocycles. The topological polar surface area (TPSA) is 54.0 Å². The lowest BCUT2D eigenvalue weighted by atomic mass is 10.1. The largest absolute Gasteiger partial charge is 0.320 e. The van der Waals surface area contributed by atoms with E-state index in [1.807, 2.05) is 14.0 Å². The number of carbonyl (C=O) groups is 1. The number of nitrogens with zero attached hydrogens (tertiary/aromatic N) is 1. The van der Waals surface area contributed by atoms with E-state index in [-0.39, 0.29) is 18.3 Å². The minimum atomic E-state index is 0. The van der Waals surface area contributed by atoms with E-state index >= 15 is 0 Å². The molecule has 1 aromatic heterocycles. The Morgan fingerprint density at radius 1 is 1.23 bits per heavy atom.